The molecule has 0 aliphatic carbocycles. The van der Waals surface area contributed by atoms with Gasteiger partial charge in [-0.05, 0) is 30.3 Å². The van der Waals surface area contributed by atoms with E-state index in [0.717, 1.165) is 0 Å². The maximum Gasteiger partial charge on any atom is 0.356 e. The summed E-state index contributed by atoms with van der Waals surface area (Å²) < 4.78 is 6.12. The first kappa shape index (κ1) is 19.0. The van der Waals surface area contributed by atoms with Gasteiger partial charge in [0, 0.05) is 0 Å². The molecule has 2 aromatic heterocycles. The van der Waals surface area contributed by atoms with Crippen LogP contribution in [0.5, 0.6) is 0 Å². The zero-order valence-corrected chi connectivity index (χ0v) is 16.2. The van der Waals surface area contributed by atoms with E-state index in [0.29, 0.717) is 23.7 Å². The molecule has 25 heavy (non-hydrogen) atoms. The molecule has 7 nitrogen and oxygen atoms in total. The molecule has 0 saturated carbocycles. The predicted octanol–water partition coefficient (Wildman–Crippen LogP) is 3.84. The number of carbonyl (C=O) groups is 1. The van der Waals surface area contributed by atoms with Crippen LogP contribution in [0, 0.1) is 0 Å². The number of carboxylic acid groups (broad SMARTS) is 1. The fraction of sp³-hybridized carbons (Fsp3) is 0.412. The highest BCUT2D eigenvalue weighted by molar-refractivity contribution is 6.74. The molecule has 0 aromatic carbocycles. The van der Waals surface area contributed by atoms with E-state index >= 15 is 0 Å². The van der Waals surface area contributed by atoms with E-state index in [4.69, 9.17) is 4.43 Å². The van der Waals surface area contributed by atoms with Gasteiger partial charge in [-0.1, -0.05) is 20.8 Å². The van der Waals surface area contributed by atoms with Gasteiger partial charge < -0.3 is 14.8 Å². The van der Waals surface area contributed by atoms with Gasteiger partial charge in [0.25, 0.3) is 0 Å². The number of anilines is 2. The highest BCUT2D eigenvalue weighted by atomic mass is 28.4. The first-order valence-corrected chi connectivity index (χ1v) is 10.9. The van der Waals surface area contributed by atoms with Crippen LogP contribution in [0.2, 0.25) is 18.1 Å². The first-order chi connectivity index (χ1) is 11.6. The number of pyridine rings is 1. The molecule has 2 heterocycles. The van der Waals surface area contributed by atoms with Gasteiger partial charge in [-0.15, -0.1) is 0 Å². The Morgan fingerprint density at radius 2 is 1.88 bits per heavy atom. The van der Waals surface area contributed by atoms with Crippen LogP contribution in [0.1, 0.15) is 37.0 Å². The van der Waals surface area contributed by atoms with Crippen LogP contribution in [-0.2, 0) is 11.0 Å². The SMILES string of the molecule is CC(C)(C)[Si](C)(C)OCc1ccc(Nc2cncnc2)c(C(=O)O)n1. The van der Waals surface area contributed by atoms with Crippen LogP contribution in [0.4, 0.5) is 11.4 Å². The van der Waals surface area contributed by atoms with Gasteiger partial charge in [-0.2, -0.15) is 0 Å². The topological polar surface area (TPSA) is 97.2 Å². The van der Waals surface area contributed by atoms with Crippen molar-refractivity contribution in [2.24, 2.45) is 0 Å². The van der Waals surface area contributed by atoms with Crippen molar-refractivity contribution < 1.29 is 14.3 Å². The maximum absolute atomic E-state index is 11.6. The van der Waals surface area contributed by atoms with E-state index in [9.17, 15) is 9.90 Å². The van der Waals surface area contributed by atoms with Crippen LogP contribution in [-0.4, -0.2) is 34.3 Å². The lowest BCUT2D eigenvalue weighted by atomic mass is 10.2. The number of nitrogens with zero attached hydrogens (tertiary/aromatic N) is 3. The minimum atomic E-state index is -1.93. The average Bonchev–Trinajstić information content (AvgIpc) is 2.53. The zero-order valence-electron chi connectivity index (χ0n) is 15.2. The Labute approximate surface area is 148 Å². The lowest BCUT2D eigenvalue weighted by molar-refractivity contribution is 0.0691. The van der Waals surface area contributed by atoms with Crippen LogP contribution in [0.25, 0.3) is 0 Å². The van der Waals surface area contributed by atoms with Gasteiger partial charge in [-0.3, -0.25) is 0 Å². The highest BCUT2D eigenvalue weighted by Crippen LogP contribution is 2.37. The molecule has 0 amide bonds. The van der Waals surface area contributed by atoms with E-state index in [-0.39, 0.29) is 10.7 Å². The van der Waals surface area contributed by atoms with Gasteiger partial charge in [0.2, 0.25) is 0 Å². The summed E-state index contributed by atoms with van der Waals surface area (Å²) in [4.78, 5) is 23.6. The van der Waals surface area contributed by atoms with Gasteiger partial charge in [0.15, 0.2) is 14.0 Å². The largest absolute Gasteiger partial charge is 0.476 e. The van der Waals surface area contributed by atoms with E-state index in [1.807, 2.05) is 0 Å². The van der Waals surface area contributed by atoms with Crippen molar-refractivity contribution in [1.29, 1.82) is 0 Å². The number of hydrogen-bond donors (Lipinski definition) is 2. The van der Waals surface area contributed by atoms with Gasteiger partial charge in [0.05, 0.1) is 36.1 Å². The molecule has 0 spiro atoms. The monoisotopic (exact) mass is 360 g/mol. The van der Waals surface area contributed by atoms with Crippen molar-refractivity contribution in [3.63, 3.8) is 0 Å². The Morgan fingerprint density at radius 3 is 2.44 bits per heavy atom. The molecular formula is C17H24N4O3Si. The fourth-order valence-corrected chi connectivity index (χ4v) is 2.78. The second-order valence-electron chi connectivity index (χ2n) is 7.31. The van der Waals surface area contributed by atoms with Gasteiger partial charge >= 0.3 is 5.97 Å². The summed E-state index contributed by atoms with van der Waals surface area (Å²) >= 11 is 0. The van der Waals surface area contributed by atoms with Crippen molar-refractivity contribution in [3.05, 3.63) is 42.2 Å². The minimum absolute atomic E-state index is 0.0554. The van der Waals surface area contributed by atoms with Crippen molar-refractivity contribution in [2.75, 3.05) is 5.32 Å². The van der Waals surface area contributed by atoms with Crippen LogP contribution >= 0.6 is 0 Å². The van der Waals surface area contributed by atoms with Crippen molar-refractivity contribution in [2.45, 2.75) is 45.5 Å². The fourth-order valence-electron chi connectivity index (χ4n) is 1.83. The number of rotatable bonds is 6. The molecule has 134 valence electrons. The molecule has 0 radical (unpaired) electrons. The van der Waals surface area contributed by atoms with E-state index < -0.39 is 14.3 Å². The third-order valence-electron chi connectivity index (χ3n) is 4.38. The molecule has 0 aliphatic heterocycles. The van der Waals surface area contributed by atoms with Crippen LogP contribution in [0.3, 0.4) is 0 Å². The standard InChI is InChI=1S/C17H24N4O3Si/c1-17(2,3)25(4,5)24-10-12-6-7-14(15(21-12)16(22)23)20-13-8-18-11-19-9-13/h6-9,11,20H,10H2,1-5H3,(H,22,23). The summed E-state index contributed by atoms with van der Waals surface area (Å²) in [5.74, 6) is -1.10. The second kappa shape index (κ2) is 7.28. The zero-order chi connectivity index (χ0) is 18.7. The molecule has 2 N–H and O–H groups in total. The Hall–Kier alpha value is -2.32. The summed E-state index contributed by atoms with van der Waals surface area (Å²) in [6.45, 7) is 11.1. The van der Waals surface area contributed by atoms with E-state index in [2.05, 4.69) is 54.1 Å². The minimum Gasteiger partial charge on any atom is -0.476 e. The smallest absolute Gasteiger partial charge is 0.356 e. The third-order valence-corrected chi connectivity index (χ3v) is 8.86. The lowest BCUT2D eigenvalue weighted by Crippen LogP contribution is -2.40. The van der Waals surface area contributed by atoms with E-state index in [1.165, 1.54) is 6.33 Å². The molecule has 0 unspecified atom stereocenters. The van der Waals surface area contributed by atoms with Crippen LogP contribution in [0.15, 0.2) is 30.9 Å². The highest BCUT2D eigenvalue weighted by Gasteiger charge is 2.37. The number of aromatic nitrogens is 3. The van der Waals surface area contributed by atoms with E-state index in [1.54, 1.807) is 24.5 Å². The number of nitrogens with one attached hydrogen (secondary N) is 1. The normalized spacial score (nSPS) is 12.0. The number of aromatic carboxylic acids is 1. The third kappa shape index (κ3) is 4.83. The first-order valence-electron chi connectivity index (χ1n) is 7.99. The number of carboxylic acids is 1. The summed E-state index contributed by atoms with van der Waals surface area (Å²) in [6.07, 6.45) is 4.53. The van der Waals surface area contributed by atoms with Gasteiger partial charge in [0.1, 0.15) is 6.33 Å². The maximum atomic E-state index is 11.6. The molecule has 2 rings (SSSR count). The molecule has 8 heteroatoms. The summed E-state index contributed by atoms with van der Waals surface area (Å²) in [5, 5.41) is 12.5. The molecule has 2 aromatic rings. The Balaban J connectivity index is 2.20. The second-order valence-corrected chi connectivity index (χ2v) is 12.1. The number of hydrogen-bond acceptors (Lipinski definition) is 6. The molecule has 0 aliphatic rings. The molecule has 0 bridgehead atoms. The predicted molar refractivity (Wildman–Crippen MR) is 98.5 cm³/mol. The molecule has 0 saturated heterocycles. The summed E-state index contributed by atoms with van der Waals surface area (Å²) in [5.41, 5.74) is 1.52. The average molecular weight is 360 g/mol. The van der Waals surface area contributed by atoms with Gasteiger partial charge in [-0.25, -0.2) is 19.7 Å². The summed E-state index contributed by atoms with van der Waals surface area (Å²) in [7, 11) is -1.93. The van der Waals surface area contributed by atoms with Crippen molar-refractivity contribution in [3.8, 4) is 0 Å². The Bertz CT molecular complexity index is 745. The van der Waals surface area contributed by atoms with Crippen molar-refractivity contribution in [1.82, 2.24) is 15.0 Å². The van der Waals surface area contributed by atoms with Crippen LogP contribution < -0.4 is 5.32 Å². The quantitative estimate of drug-likeness (QED) is 0.755. The summed E-state index contributed by atoms with van der Waals surface area (Å²) in [6, 6.07) is 3.46. The molecule has 0 fully saturated rings. The Kier molecular flexibility index (Phi) is 5.54. The molecular weight excluding hydrogens is 336 g/mol. The molecule has 0 atom stereocenters. The Morgan fingerprint density at radius 1 is 1.24 bits per heavy atom. The lowest BCUT2D eigenvalue weighted by Gasteiger charge is -2.36. The van der Waals surface area contributed by atoms with Crippen molar-refractivity contribution >= 4 is 25.7 Å².